The standard InChI is InChI=1S/C16H26N4O/c1-2-8-21-15-4-3-7-20(12-15)16-11-17-9-14(19-16)10-18-13-5-6-13/h9,11,13,15,18H,2-8,10,12H2,1H3. The van der Waals surface area contributed by atoms with Gasteiger partial charge in [0.15, 0.2) is 0 Å². The van der Waals surface area contributed by atoms with Gasteiger partial charge in [0.25, 0.3) is 0 Å². The van der Waals surface area contributed by atoms with Crippen molar-refractivity contribution in [2.24, 2.45) is 0 Å². The Labute approximate surface area is 127 Å². The summed E-state index contributed by atoms with van der Waals surface area (Å²) in [7, 11) is 0. The molecular weight excluding hydrogens is 264 g/mol. The Hall–Kier alpha value is -1.20. The first-order valence-corrected chi connectivity index (χ1v) is 8.26. The first-order valence-electron chi connectivity index (χ1n) is 8.26. The number of anilines is 1. The van der Waals surface area contributed by atoms with Gasteiger partial charge in [-0.1, -0.05) is 6.92 Å². The zero-order valence-corrected chi connectivity index (χ0v) is 12.9. The van der Waals surface area contributed by atoms with E-state index in [0.29, 0.717) is 12.1 Å². The molecule has 3 rings (SSSR count). The molecule has 0 spiro atoms. The summed E-state index contributed by atoms with van der Waals surface area (Å²) in [6.07, 6.45) is 10.1. The summed E-state index contributed by atoms with van der Waals surface area (Å²) >= 11 is 0. The lowest BCUT2D eigenvalue weighted by atomic mass is 10.1. The van der Waals surface area contributed by atoms with Gasteiger partial charge in [-0.3, -0.25) is 4.98 Å². The lowest BCUT2D eigenvalue weighted by Gasteiger charge is -2.33. The highest BCUT2D eigenvalue weighted by molar-refractivity contribution is 5.37. The molecule has 1 aromatic rings. The fraction of sp³-hybridized carbons (Fsp3) is 0.750. The Morgan fingerprint density at radius 2 is 2.24 bits per heavy atom. The number of hydrogen-bond acceptors (Lipinski definition) is 5. The van der Waals surface area contributed by atoms with Crippen LogP contribution < -0.4 is 10.2 Å². The minimum atomic E-state index is 0.341. The summed E-state index contributed by atoms with van der Waals surface area (Å²) in [5.74, 6) is 0.995. The normalized spacial score (nSPS) is 22.5. The molecule has 1 saturated heterocycles. The number of rotatable bonds is 7. The summed E-state index contributed by atoms with van der Waals surface area (Å²) in [6.45, 7) is 5.83. The van der Waals surface area contributed by atoms with Gasteiger partial charge in [0, 0.05) is 38.5 Å². The van der Waals surface area contributed by atoms with Crippen molar-refractivity contribution in [1.29, 1.82) is 0 Å². The molecule has 0 aromatic carbocycles. The van der Waals surface area contributed by atoms with Crippen molar-refractivity contribution in [3.8, 4) is 0 Å². The largest absolute Gasteiger partial charge is 0.376 e. The summed E-state index contributed by atoms with van der Waals surface area (Å²) in [4.78, 5) is 11.4. The second-order valence-electron chi connectivity index (χ2n) is 6.10. The maximum atomic E-state index is 5.90. The van der Waals surface area contributed by atoms with Crippen LogP contribution in [0.25, 0.3) is 0 Å². The van der Waals surface area contributed by atoms with Gasteiger partial charge in [-0.25, -0.2) is 4.98 Å². The van der Waals surface area contributed by atoms with Crippen LogP contribution in [0.15, 0.2) is 12.4 Å². The number of piperidine rings is 1. The van der Waals surface area contributed by atoms with Gasteiger partial charge in [0.2, 0.25) is 0 Å². The molecule has 1 saturated carbocycles. The summed E-state index contributed by atoms with van der Waals surface area (Å²) in [5, 5.41) is 3.49. The predicted octanol–water partition coefficient (Wildman–Crippen LogP) is 2.12. The number of ether oxygens (including phenoxy) is 1. The lowest BCUT2D eigenvalue weighted by Crippen LogP contribution is -2.40. The third-order valence-electron chi connectivity index (χ3n) is 4.08. The van der Waals surface area contributed by atoms with E-state index in [1.54, 1.807) is 0 Å². The second-order valence-corrected chi connectivity index (χ2v) is 6.10. The van der Waals surface area contributed by atoms with Crippen LogP contribution in [0.1, 0.15) is 44.7 Å². The van der Waals surface area contributed by atoms with Gasteiger partial charge >= 0.3 is 0 Å². The van der Waals surface area contributed by atoms with Gasteiger partial charge < -0.3 is 15.0 Å². The highest BCUT2D eigenvalue weighted by Crippen LogP contribution is 2.21. The molecule has 2 heterocycles. The van der Waals surface area contributed by atoms with E-state index in [1.165, 1.54) is 19.3 Å². The molecule has 116 valence electrons. The van der Waals surface area contributed by atoms with Crippen LogP contribution in [0.4, 0.5) is 5.82 Å². The first kappa shape index (κ1) is 14.7. The van der Waals surface area contributed by atoms with E-state index in [4.69, 9.17) is 9.72 Å². The van der Waals surface area contributed by atoms with E-state index in [9.17, 15) is 0 Å². The van der Waals surface area contributed by atoms with E-state index < -0.39 is 0 Å². The smallest absolute Gasteiger partial charge is 0.147 e. The predicted molar refractivity (Wildman–Crippen MR) is 83.4 cm³/mol. The summed E-state index contributed by atoms with van der Waals surface area (Å²) in [5.41, 5.74) is 1.04. The molecule has 0 bridgehead atoms. The zero-order valence-electron chi connectivity index (χ0n) is 12.9. The van der Waals surface area contributed by atoms with Gasteiger partial charge in [-0.2, -0.15) is 0 Å². The number of nitrogens with one attached hydrogen (secondary N) is 1. The molecule has 1 unspecified atom stereocenters. The topological polar surface area (TPSA) is 50.3 Å². The molecule has 1 N–H and O–H groups in total. The van der Waals surface area contributed by atoms with Crippen molar-refractivity contribution in [2.45, 2.75) is 57.7 Å². The number of aromatic nitrogens is 2. The maximum Gasteiger partial charge on any atom is 0.147 e. The van der Waals surface area contributed by atoms with Crippen LogP contribution in [-0.4, -0.2) is 41.8 Å². The van der Waals surface area contributed by atoms with Crippen molar-refractivity contribution in [1.82, 2.24) is 15.3 Å². The van der Waals surface area contributed by atoms with Crippen molar-refractivity contribution in [3.63, 3.8) is 0 Å². The average Bonchev–Trinajstić information content (AvgIpc) is 3.36. The molecular formula is C16H26N4O. The fourth-order valence-corrected chi connectivity index (χ4v) is 2.74. The Morgan fingerprint density at radius 1 is 1.33 bits per heavy atom. The Bertz CT molecular complexity index is 450. The van der Waals surface area contributed by atoms with Crippen LogP contribution in [0.5, 0.6) is 0 Å². The molecule has 0 radical (unpaired) electrons. The fourth-order valence-electron chi connectivity index (χ4n) is 2.74. The van der Waals surface area contributed by atoms with E-state index in [0.717, 1.165) is 50.6 Å². The van der Waals surface area contributed by atoms with Gasteiger partial charge in [-0.05, 0) is 32.1 Å². The quantitative estimate of drug-likeness (QED) is 0.833. The molecule has 2 fully saturated rings. The van der Waals surface area contributed by atoms with Crippen molar-refractivity contribution in [3.05, 3.63) is 18.1 Å². The molecule has 21 heavy (non-hydrogen) atoms. The highest BCUT2D eigenvalue weighted by Gasteiger charge is 2.22. The highest BCUT2D eigenvalue weighted by atomic mass is 16.5. The van der Waals surface area contributed by atoms with Gasteiger partial charge in [0.05, 0.1) is 18.0 Å². The second kappa shape index (κ2) is 7.18. The number of nitrogens with zero attached hydrogens (tertiary/aromatic N) is 3. The first-order chi connectivity index (χ1) is 10.3. The third-order valence-corrected chi connectivity index (χ3v) is 4.08. The van der Waals surface area contributed by atoms with Crippen LogP contribution >= 0.6 is 0 Å². The SMILES string of the molecule is CCCOC1CCCN(c2cncc(CNC3CC3)n2)C1. The summed E-state index contributed by atoms with van der Waals surface area (Å²) in [6, 6.07) is 0.706. The number of hydrogen-bond donors (Lipinski definition) is 1. The van der Waals surface area contributed by atoms with E-state index >= 15 is 0 Å². The van der Waals surface area contributed by atoms with E-state index in [1.807, 2.05) is 12.4 Å². The maximum absolute atomic E-state index is 5.90. The molecule has 5 heteroatoms. The average molecular weight is 290 g/mol. The van der Waals surface area contributed by atoms with Crippen LogP contribution in [0, 0.1) is 0 Å². The molecule has 0 amide bonds. The van der Waals surface area contributed by atoms with Crippen LogP contribution in [0.2, 0.25) is 0 Å². The monoisotopic (exact) mass is 290 g/mol. The molecule has 1 aliphatic heterocycles. The van der Waals surface area contributed by atoms with Gasteiger partial charge in [-0.15, -0.1) is 0 Å². The Morgan fingerprint density at radius 3 is 3.05 bits per heavy atom. The van der Waals surface area contributed by atoms with E-state index in [2.05, 4.69) is 22.1 Å². The molecule has 2 aliphatic rings. The lowest BCUT2D eigenvalue weighted by molar-refractivity contribution is 0.0439. The Balaban J connectivity index is 1.57. The minimum absolute atomic E-state index is 0.341. The van der Waals surface area contributed by atoms with Crippen molar-refractivity contribution < 1.29 is 4.74 Å². The van der Waals surface area contributed by atoms with Crippen LogP contribution in [0.3, 0.4) is 0 Å². The molecule has 1 atom stereocenters. The molecule has 1 aromatic heterocycles. The van der Waals surface area contributed by atoms with E-state index in [-0.39, 0.29) is 0 Å². The van der Waals surface area contributed by atoms with Crippen molar-refractivity contribution >= 4 is 5.82 Å². The molecule has 5 nitrogen and oxygen atoms in total. The Kier molecular flexibility index (Phi) is 5.04. The third kappa shape index (κ3) is 4.38. The molecule has 1 aliphatic carbocycles. The minimum Gasteiger partial charge on any atom is -0.376 e. The van der Waals surface area contributed by atoms with Crippen LogP contribution in [-0.2, 0) is 11.3 Å². The van der Waals surface area contributed by atoms with Gasteiger partial charge in [0.1, 0.15) is 5.82 Å². The summed E-state index contributed by atoms with van der Waals surface area (Å²) < 4.78 is 5.90. The van der Waals surface area contributed by atoms with Crippen molar-refractivity contribution in [2.75, 3.05) is 24.6 Å². The zero-order chi connectivity index (χ0) is 14.5.